The monoisotopic (exact) mass is 236 g/mol. The Balaban J connectivity index is 0. The van der Waals surface area contributed by atoms with E-state index in [9.17, 15) is 4.57 Å². The Morgan fingerprint density at radius 1 is 1.70 bits per heavy atom. The molecular formula is C4H10ClO3PZn. The molecule has 0 heterocycles. The summed E-state index contributed by atoms with van der Waals surface area (Å²) < 4.78 is 15.2. The average molecular weight is 238 g/mol. The van der Waals surface area contributed by atoms with Gasteiger partial charge in [-0.3, -0.25) is 4.57 Å². The van der Waals surface area contributed by atoms with Crippen molar-refractivity contribution in [1.29, 1.82) is 0 Å². The van der Waals surface area contributed by atoms with Gasteiger partial charge in [-0.25, -0.2) is 0 Å². The quantitative estimate of drug-likeness (QED) is 0.458. The molecule has 0 aromatic rings. The van der Waals surface area contributed by atoms with Gasteiger partial charge in [-0.05, 0) is 6.92 Å². The van der Waals surface area contributed by atoms with Crippen LogP contribution < -0.4 is 0 Å². The minimum atomic E-state index is -3.32. The molecule has 1 N–H and O–H groups in total. The summed E-state index contributed by atoms with van der Waals surface area (Å²) in [5, 5.41) is 0. The molecule has 0 saturated carbocycles. The van der Waals surface area contributed by atoms with Crippen molar-refractivity contribution in [3.05, 3.63) is 0 Å². The summed E-state index contributed by atoms with van der Waals surface area (Å²) in [6, 6.07) is 0. The SMILES string of the molecule is CCOP(=O)(O)CCCl.[Zn]. The molecule has 58 valence electrons. The number of hydrogen-bond donors (Lipinski definition) is 1. The van der Waals surface area contributed by atoms with Crippen LogP contribution in [-0.2, 0) is 28.6 Å². The number of alkyl halides is 1. The molecule has 1 unspecified atom stereocenters. The third-order valence-electron chi connectivity index (χ3n) is 0.698. The zero-order valence-corrected chi connectivity index (χ0v) is 10.5. The first kappa shape index (κ1) is 13.6. The molecule has 0 saturated heterocycles. The molecular weight excluding hydrogens is 228 g/mol. The van der Waals surface area contributed by atoms with E-state index in [2.05, 4.69) is 4.52 Å². The van der Waals surface area contributed by atoms with E-state index in [0.717, 1.165) is 0 Å². The van der Waals surface area contributed by atoms with Crippen LogP contribution >= 0.6 is 19.2 Å². The molecule has 1 atom stereocenters. The zero-order chi connectivity index (χ0) is 7.33. The Kier molecular flexibility index (Phi) is 9.21. The van der Waals surface area contributed by atoms with Gasteiger partial charge in [0, 0.05) is 25.4 Å². The normalized spacial score (nSPS) is 15.5. The molecule has 0 aliphatic heterocycles. The van der Waals surface area contributed by atoms with Crippen LogP contribution in [0.4, 0.5) is 0 Å². The van der Waals surface area contributed by atoms with E-state index >= 15 is 0 Å². The van der Waals surface area contributed by atoms with Gasteiger partial charge in [-0.2, -0.15) is 0 Å². The minimum absolute atomic E-state index is 0. The van der Waals surface area contributed by atoms with Crippen LogP contribution in [0.2, 0.25) is 0 Å². The van der Waals surface area contributed by atoms with Crippen molar-refractivity contribution >= 4 is 19.2 Å². The summed E-state index contributed by atoms with van der Waals surface area (Å²) in [4.78, 5) is 8.76. The summed E-state index contributed by atoms with van der Waals surface area (Å²) in [6.07, 6.45) is 0.0302. The first-order chi connectivity index (χ1) is 4.12. The van der Waals surface area contributed by atoms with Crippen molar-refractivity contribution in [2.45, 2.75) is 6.92 Å². The van der Waals surface area contributed by atoms with Crippen molar-refractivity contribution in [3.63, 3.8) is 0 Å². The summed E-state index contributed by atoms with van der Waals surface area (Å²) in [5.74, 6) is 0.160. The van der Waals surface area contributed by atoms with E-state index in [0.29, 0.717) is 0 Å². The summed E-state index contributed by atoms with van der Waals surface area (Å²) in [7, 11) is -3.32. The van der Waals surface area contributed by atoms with Crippen LogP contribution in [0.1, 0.15) is 6.92 Å². The summed E-state index contributed by atoms with van der Waals surface area (Å²) in [5.41, 5.74) is 0. The van der Waals surface area contributed by atoms with Gasteiger partial charge in [-0.15, -0.1) is 11.6 Å². The molecule has 0 aromatic carbocycles. The van der Waals surface area contributed by atoms with E-state index in [1.54, 1.807) is 6.92 Å². The van der Waals surface area contributed by atoms with Crippen molar-refractivity contribution < 1.29 is 33.5 Å². The van der Waals surface area contributed by atoms with Crippen LogP contribution in [-0.4, -0.2) is 23.5 Å². The molecule has 0 bridgehead atoms. The molecule has 0 aromatic heterocycles. The van der Waals surface area contributed by atoms with Crippen molar-refractivity contribution in [2.24, 2.45) is 0 Å². The zero-order valence-electron chi connectivity index (χ0n) is 5.92. The van der Waals surface area contributed by atoms with Gasteiger partial charge in [0.25, 0.3) is 0 Å². The predicted molar refractivity (Wildman–Crippen MR) is 37.0 cm³/mol. The van der Waals surface area contributed by atoms with Gasteiger partial charge in [0.05, 0.1) is 12.8 Å². The fraction of sp³-hybridized carbons (Fsp3) is 1.00. The molecule has 6 heteroatoms. The summed E-state index contributed by atoms with van der Waals surface area (Å²) >= 11 is 5.21. The second kappa shape index (κ2) is 6.75. The third kappa shape index (κ3) is 7.17. The molecule has 3 nitrogen and oxygen atoms in total. The van der Waals surface area contributed by atoms with E-state index in [4.69, 9.17) is 16.5 Å². The largest absolute Gasteiger partial charge is 0.329 e. The number of halogens is 1. The third-order valence-corrected chi connectivity index (χ3v) is 2.60. The Morgan fingerprint density at radius 2 is 2.20 bits per heavy atom. The Hall–Kier alpha value is 1.06. The molecule has 0 rings (SSSR count). The van der Waals surface area contributed by atoms with E-state index in [1.807, 2.05) is 0 Å². The van der Waals surface area contributed by atoms with Crippen molar-refractivity contribution in [3.8, 4) is 0 Å². The van der Waals surface area contributed by atoms with Crippen LogP contribution in [0.25, 0.3) is 0 Å². The van der Waals surface area contributed by atoms with E-state index < -0.39 is 7.60 Å². The van der Waals surface area contributed by atoms with Gasteiger partial charge in [0.15, 0.2) is 0 Å². The Bertz CT molecular complexity index is 111. The Morgan fingerprint density at radius 3 is 2.50 bits per heavy atom. The van der Waals surface area contributed by atoms with Gasteiger partial charge in [-0.1, -0.05) is 0 Å². The molecule has 0 aliphatic rings. The predicted octanol–water partition coefficient (Wildman–Crippen LogP) is 1.44. The molecule has 0 amide bonds. The van der Waals surface area contributed by atoms with E-state index in [1.165, 1.54) is 0 Å². The molecule has 0 spiro atoms. The minimum Gasteiger partial charge on any atom is -0.324 e. The van der Waals surface area contributed by atoms with Gasteiger partial charge >= 0.3 is 7.60 Å². The van der Waals surface area contributed by atoms with Crippen LogP contribution in [0.5, 0.6) is 0 Å². The molecule has 10 heavy (non-hydrogen) atoms. The van der Waals surface area contributed by atoms with Gasteiger partial charge in [0.1, 0.15) is 0 Å². The summed E-state index contributed by atoms with van der Waals surface area (Å²) in [6.45, 7) is 1.92. The maximum atomic E-state index is 10.7. The van der Waals surface area contributed by atoms with E-state index in [-0.39, 0.29) is 38.1 Å². The second-order valence-corrected chi connectivity index (χ2v) is 3.83. The van der Waals surface area contributed by atoms with Crippen LogP contribution in [0, 0.1) is 0 Å². The van der Waals surface area contributed by atoms with Crippen LogP contribution in [0.3, 0.4) is 0 Å². The van der Waals surface area contributed by atoms with Gasteiger partial charge < -0.3 is 9.42 Å². The standard InChI is InChI=1S/C4H10ClO3P.Zn/c1-2-8-9(6,7)4-3-5;/h2-4H2,1H3,(H,6,7);. The maximum absolute atomic E-state index is 10.7. The topological polar surface area (TPSA) is 46.5 Å². The molecule has 0 radical (unpaired) electrons. The number of hydrogen-bond acceptors (Lipinski definition) is 2. The average Bonchev–Trinajstić information content (AvgIpc) is 1.64. The van der Waals surface area contributed by atoms with Gasteiger partial charge in [0.2, 0.25) is 0 Å². The van der Waals surface area contributed by atoms with Crippen molar-refractivity contribution in [1.82, 2.24) is 0 Å². The van der Waals surface area contributed by atoms with Crippen LogP contribution in [0.15, 0.2) is 0 Å². The fourth-order valence-electron chi connectivity index (χ4n) is 0.373. The molecule has 0 fully saturated rings. The fourth-order valence-corrected chi connectivity index (χ4v) is 1.76. The second-order valence-electron chi connectivity index (χ2n) is 1.47. The maximum Gasteiger partial charge on any atom is 0.329 e. The smallest absolute Gasteiger partial charge is 0.324 e. The van der Waals surface area contributed by atoms with Crippen molar-refractivity contribution in [2.75, 3.05) is 18.6 Å². The first-order valence-electron chi connectivity index (χ1n) is 2.64. The number of rotatable bonds is 4. The molecule has 0 aliphatic carbocycles. The first-order valence-corrected chi connectivity index (χ1v) is 4.94. The Labute approximate surface area is 78.4 Å².